The van der Waals surface area contributed by atoms with Crippen LogP contribution in [0.5, 0.6) is 5.75 Å². The number of ether oxygens (including phenoxy) is 1. The Kier molecular flexibility index (Phi) is 8.90. The first-order valence-corrected chi connectivity index (χ1v) is 15.8. The number of benzene rings is 1. The van der Waals surface area contributed by atoms with E-state index in [2.05, 4.69) is 0 Å². The predicted octanol–water partition coefficient (Wildman–Crippen LogP) is 4.49. The summed E-state index contributed by atoms with van der Waals surface area (Å²) in [5.41, 5.74) is -3.64. The Bertz CT molecular complexity index is 1440. The van der Waals surface area contributed by atoms with Gasteiger partial charge in [0, 0.05) is 17.8 Å². The van der Waals surface area contributed by atoms with Crippen molar-refractivity contribution in [3.63, 3.8) is 0 Å². The summed E-state index contributed by atoms with van der Waals surface area (Å²) in [5, 5.41) is 23.7. The van der Waals surface area contributed by atoms with E-state index >= 15 is 0 Å². The van der Waals surface area contributed by atoms with Crippen LogP contribution in [-0.2, 0) is 41.6 Å². The van der Waals surface area contributed by atoms with Crippen LogP contribution in [0.2, 0.25) is 0 Å². The van der Waals surface area contributed by atoms with Crippen LogP contribution in [-0.4, -0.2) is 57.3 Å². The van der Waals surface area contributed by atoms with Gasteiger partial charge in [-0.1, -0.05) is 61.0 Å². The smallest absolute Gasteiger partial charge is 0.306 e. The van der Waals surface area contributed by atoms with Gasteiger partial charge in [-0.2, -0.15) is 0 Å². The van der Waals surface area contributed by atoms with Gasteiger partial charge in [-0.15, -0.1) is 0 Å². The third kappa shape index (κ3) is 4.86. The number of phenolic OH excluding ortho intramolecular Hbond substituents is 1. The average Bonchev–Trinajstić information content (AvgIpc) is 2.89. The number of phenols is 1. The van der Waals surface area contributed by atoms with Crippen molar-refractivity contribution in [1.29, 1.82) is 0 Å². The molecule has 1 aromatic carbocycles. The number of fused-ring (bicyclic) bond motifs is 3. The van der Waals surface area contributed by atoms with Crippen molar-refractivity contribution in [3.8, 4) is 5.75 Å². The largest absolute Gasteiger partial charge is 0.507 e. The first-order chi connectivity index (χ1) is 20.4. The molecule has 3 unspecified atom stereocenters. The normalized spacial score (nSPS) is 31.6. The topological polar surface area (TPSA) is 152 Å². The highest BCUT2D eigenvalue weighted by Crippen LogP contribution is 2.64. The molecule has 3 aliphatic rings. The van der Waals surface area contributed by atoms with Gasteiger partial charge >= 0.3 is 5.97 Å². The van der Waals surface area contributed by atoms with Gasteiger partial charge in [-0.3, -0.25) is 28.8 Å². The van der Waals surface area contributed by atoms with E-state index in [0.717, 1.165) is 25.3 Å². The number of ketones is 5. The molecule has 0 heterocycles. The lowest BCUT2D eigenvalue weighted by Gasteiger charge is -2.62. The number of carbonyl (C=O) groups excluding carboxylic acids is 6. The molecule has 1 aromatic rings. The number of hydrogen-bond donors (Lipinski definition) is 2. The van der Waals surface area contributed by atoms with E-state index in [4.69, 9.17) is 4.74 Å². The Morgan fingerprint density at radius 1 is 1.07 bits per heavy atom. The van der Waals surface area contributed by atoms with E-state index in [1.165, 1.54) is 0 Å². The first kappa shape index (κ1) is 33.7. The molecule has 2 saturated carbocycles. The van der Waals surface area contributed by atoms with E-state index in [0.29, 0.717) is 17.7 Å². The van der Waals surface area contributed by atoms with E-state index in [-0.39, 0.29) is 42.9 Å². The van der Waals surface area contributed by atoms with Crippen LogP contribution in [0, 0.1) is 34.5 Å². The lowest BCUT2D eigenvalue weighted by atomic mass is 9.39. The molecule has 0 amide bonds. The van der Waals surface area contributed by atoms with E-state index in [1.54, 1.807) is 33.8 Å². The SMILES string of the molecule is CCCCOC(=O)CCc1cc(C(C)C)c2c(c1O)C(=O)C1C(=O)[C@@]3(O)C(=O)C(C(C)=O)C(=O)C(C(C)C)[C@@]3(C)C[C@@]1(C)C2. The quantitative estimate of drug-likeness (QED) is 0.234. The summed E-state index contributed by atoms with van der Waals surface area (Å²) in [6, 6.07) is 1.81. The lowest BCUT2D eigenvalue weighted by Crippen LogP contribution is -2.76. The maximum absolute atomic E-state index is 14.5. The second kappa shape index (κ2) is 11.6. The summed E-state index contributed by atoms with van der Waals surface area (Å²) in [6.45, 7) is 14.1. The minimum atomic E-state index is -2.74. The predicted molar refractivity (Wildman–Crippen MR) is 161 cm³/mol. The van der Waals surface area contributed by atoms with Gasteiger partial charge < -0.3 is 14.9 Å². The van der Waals surface area contributed by atoms with Gasteiger partial charge in [-0.05, 0) is 66.5 Å². The molecule has 3 aliphatic carbocycles. The molecule has 0 aliphatic heterocycles. The number of hydrogen-bond acceptors (Lipinski definition) is 9. The van der Waals surface area contributed by atoms with Crippen LogP contribution in [0.4, 0.5) is 0 Å². The van der Waals surface area contributed by atoms with Crippen LogP contribution < -0.4 is 0 Å². The van der Waals surface area contributed by atoms with Crippen molar-refractivity contribution < 1.29 is 43.7 Å². The summed E-state index contributed by atoms with van der Waals surface area (Å²) >= 11 is 0. The van der Waals surface area contributed by atoms with Gasteiger partial charge in [0.25, 0.3) is 0 Å². The van der Waals surface area contributed by atoms with Crippen molar-refractivity contribution in [2.24, 2.45) is 34.5 Å². The number of aromatic hydroxyl groups is 1. The highest BCUT2D eigenvalue weighted by atomic mass is 16.5. The summed E-state index contributed by atoms with van der Waals surface area (Å²) in [4.78, 5) is 81.3. The molecular weight excluding hydrogens is 564 g/mol. The zero-order chi connectivity index (χ0) is 33.1. The molecule has 6 atom stereocenters. The molecule has 44 heavy (non-hydrogen) atoms. The van der Waals surface area contributed by atoms with Crippen molar-refractivity contribution >= 4 is 34.9 Å². The second-order valence-corrected chi connectivity index (χ2v) is 14.4. The van der Waals surface area contributed by atoms with Gasteiger partial charge in [-0.25, -0.2) is 0 Å². The van der Waals surface area contributed by atoms with Gasteiger partial charge in [0.1, 0.15) is 17.5 Å². The Hall–Kier alpha value is -3.20. The minimum absolute atomic E-state index is 0.00663. The molecule has 9 heteroatoms. The average molecular weight is 611 g/mol. The van der Waals surface area contributed by atoms with Gasteiger partial charge in [0.05, 0.1) is 18.1 Å². The Morgan fingerprint density at radius 2 is 1.70 bits per heavy atom. The van der Waals surface area contributed by atoms with Gasteiger partial charge in [0.2, 0.25) is 0 Å². The number of aliphatic hydroxyl groups is 1. The van der Waals surface area contributed by atoms with Crippen LogP contribution in [0.3, 0.4) is 0 Å². The van der Waals surface area contributed by atoms with E-state index < -0.39 is 75.0 Å². The summed E-state index contributed by atoms with van der Waals surface area (Å²) in [5.74, 6) is -9.70. The van der Waals surface area contributed by atoms with Crippen molar-refractivity contribution in [2.45, 2.75) is 105 Å². The van der Waals surface area contributed by atoms with Crippen LogP contribution >= 0.6 is 0 Å². The number of Topliss-reactive ketones (excluding diaryl/α,β-unsaturated/α-hetero) is 5. The number of rotatable bonds is 9. The van der Waals surface area contributed by atoms with Gasteiger partial charge in [0.15, 0.2) is 28.7 Å². The molecule has 240 valence electrons. The Morgan fingerprint density at radius 3 is 2.25 bits per heavy atom. The second-order valence-electron chi connectivity index (χ2n) is 14.4. The Labute approximate surface area is 259 Å². The van der Waals surface area contributed by atoms with Crippen molar-refractivity contribution in [2.75, 3.05) is 6.61 Å². The lowest BCUT2D eigenvalue weighted by molar-refractivity contribution is -0.205. The summed E-state index contributed by atoms with van der Waals surface area (Å²) in [6.07, 6.45) is 1.93. The molecule has 0 saturated heterocycles. The Balaban J connectivity index is 1.86. The van der Waals surface area contributed by atoms with E-state index in [9.17, 15) is 39.0 Å². The number of esters is 1. The highest BCUT2D eigenvalue weighted by Gasteiger charge is 2.76. The fourth-order valence-electron chi connectivity index (χ4n) is 8.63. The minimum Gasteiger partial charge on any atom is -0.507 e. The molecule has 9 nitrogen and oxygen atoms in total. The maximum Gasteiger partial charge on any atom is 0.306 e. The molecule has 0 aromatic heterocycles. The summed E-state index contributed by atoms with van der Waals surface area (Å²) < 4.78 is 5.25. The monoisotopic (exact) mass is 610 g/mol. The number of unbranched alkanes of at least 4 members (excludes halogenated alkanes) is 1. The van der Waals surface area contributed by atoms with Crippen LogP contribution in [0.25, 0.3) is 0 Å². The van der Waals surface area contributed by atoms with Crippen molar-refractivity contribution in [3.05, 3.63) is 28.3 Å². The molecule has 0 bridgehead atoms. The summed E-state index contributed by atoms with van der Waals surface area (Å²) in [7, 11) is 0. The van der Waals surface area contributed by atoms with Crippen LogP contribution in [0.15, 0.2) is 6.07 Å². The van der Waals surface area contributed by atoms with Crippen molar-refractivity contribution in [1.82, 2.24) is 0 Å². The molecule has 4 rings (SSSR count). The molecule has 0 spiro atoms. The fourth-order valence-corrected chi connectivity index (χ4v) is 8.63. The third-order valence-electron chi connectivity index (χ3n) is 10.5. The highest BCUT2D eigenvalue weighted by molar-refractivity contribution is 6.32. The molecule has 0 radical (unpaired) electrons. The van der Waals surface area contributed by atoms with Crippen LogP contribution in [0.1, 0.15) is 114 Å². The first-order valence-electron chi connectivity index (χ1n) is 15.8. The molecular formula is C35H46O9. The third-order valence-corrected chi connectivity index (χ3v) is 10.5. The number of carbonyl (C=O) groups is 6. The molecule has 2 N–H and O–H groups in total. The standard InChI is InChI=1S/C35H46O9/c1-9-10-13-44-23(37)12-11-20-14-21(17(2)3)22-15-33(7)16-34(8)26(18(4)5)29(39)24(19(6)36)31(41)35(34,43)32(42)27(33)30(40)25(22)28(20)38/h14,17-18,24,26-27,38,43H,9-13,15-16H2,1-8H3/t24?,26?,27?,33-,34-,35+/m1/s1. The zero-order valence-corrected chi connectivity index (χ0v) is 27.2. The maximum atomic E-state index is 14.5. The van der Waals surface area contributed by atoms with E-state index in [1.807, 2.05) is 20.8 Å². The molecule has 2 fully saturated rings. The number of aryl methyl sites for hydroxylation is 1. The zero-order valence-electron chi connectivity index (χ0n) is 27.2. The fraction of sp³-hybridized carbons (Fsp3) is 0.657.